The molecule has 3 aliphatic rings. The van der Waals surface area contributed by atoms with Crippen molar-refractivity contribution in [2.45, 2.75) is 50.9 Å². The number of rotatable bonds is 8. The lowest BCUT2D eigenvalue weighted by molar-refractivity contribution is -0.128. The zero-order valence-electron chi connectivity index (χ0n) is 30.0. The van der Waals surface area contributed by atoms with Crippen LogP contribution in [0.15, 0.2) is 54.7 Å². The number of hydrogen-bond acceptors (Lipinski definition) is 9. The summed E-state index contributed by atoms with van der Waals surface area (Å²) in [6.45, 7) is 13.6. The van der Waals surface area contributed by atoms with Crippen LogP contribution in [-0.4, -0.2) is 104 Å². The minimum absolute atomic E-state index is 0.0123. The summed E-state index contributed by atoms with van der Waals surface area (Å²) in [5.74, 6) is 0.0775. The molecule has 3 aromatic heterocycles. The number of hydrogen-bond donors (Lipinski definition) is 0. The van der Waals surface area contributed by atoms with Crippen molar-refractivity contribution in [2.24, 2.45) is 0 Å². The number of piperazine rings is 1. The zero-order valence-corrected chi connectivity index (χ0v) is 30.7. The molecule has 0 aliphatic carbocycles. The summed E-state index contributed by atoms with van der Waals surface area (Å²) in [5, 5.41) is 2.33. The van der Waals surface area contributed by atoms with Crippen molar-refractivity contribution in [1.29, 1.82) is 0 Å². The molecule has 3 fully saturated rings. The van der Waals surface area contributed by atoms with E-state index in [9.17, 15) is 9.18 Å². The summed E-state index contributed by atoms with van der Waals surface area (Å²) in [7, 11) is 0. The highest BCUT2D eigenvalue weighted by molar-refractivity contribution is 6.36. The fourth-order valence-corrected chi connectivity index (χ4v) is 8.62. The Morgan fingerprint density at radius 2 is 1.94 bits per heavy atom. The number of anilines is 1. The second-order valence-electron chi connectivity index (χ2n) is 14.3. The van der Waals surface area contributed by atoms with Gasteiger partial charge in [-0.25, -0.2) is 25.3 Å². The maximum atomic E-state index is 17.0. The third-order valence-electron chi connectivity index (χ3n) is 10.7. The molecule has 0 bridgehead atoms. The first-order chi connectivity index (χ1) is 26.1. The Morgan fingerprint density at radius 1 is 1.11 bits per heavy atom. The van der Waals surface area contributed by atoms with Crippen molar-refractivity contribution in [3.8, 4) is 17.3 Å². The normalized spacial score (nSPS) is 21.6. The van der Waals surface area contributed by atoms with E-state index in [0.29, 0.717) is 58.2 Å². The van der Waals surface area contributed by atoms with Gasteiger partial charge in [0.15, 0.2) is 5.82 Å². The van der Waals surface area contributed by atoms with Gasteiger partial charge in [-0.1, -0.05) is 41.9 Å². The quantitative estimate of drug-likeness (QED) is 0.127. The number of carbonyl (C=O) groups excluding carboxylic acids is 1. The van der Waals surface area contributed by atoms with Crippen molar-refractivity contribution >= 4 is 51.1 Å². The first-order valence-electron chi connectivity index (χ1n) is 18.1. The van der Waals surface area contributed by atoms with Crippen LogP contribution in [0.5, 0.6) is 6.01 Å². The van der Waals surface area contributed by atoms with Crippen LogP contribution in [0.4, 0.5) is 14.6 Å². The van der Waals surface area contributed by atoms with E-state index in [1.807, 2.05) is 36.1 Å². The molecule has 5 aromatic rings. The number of aromatic nitrogens is 5. The maximum absolute atomic E-state index is 17.0. The Balaban J connectivity index is 1.16. The molecule has 0 saturated carbocycles. The topological polar surface area (TPSA) is 105 Å². The molecule has 0 radical (unpaired) electrons. The van der Waals surface area contributed by atoms with Crippen LogP contribution in [0, 0.1) is 26.2 Å². The van der Waals surface area contributed by atoms with Crippen molar-refractivity contribution < 1.29 is 18.3 Å². The van der Waals surface area contributed by atoms with Crippen LogP contribution < -0.4 is 9.64 Å². The van der Waals surface area contributed by atoms with E-state index in [1.54, 1.807) is 42.3 Å². The van der Waals surface area contributed by atoms with Crippen molar-refractivity contribution in [3.05, 3.63) is 94.2 Å². The van der Waals surface area contributed by atoms with Gasteiger partial charge in [0.05, 0.1) is 16.6 Å². The molecule has 2 aromatic carbocycles. The molecule has 1 amide bonds. The number of benzene rings is 2. The minimum atomic E-state index is -0.942. The standard InChI is InChI=1S/C40H38ClF2N9O2/c1-24-17-28(47-25(2)46-24)11-12-33(53)52-16-15-50(22-29(52)19-44-3)38-31-20-45-36(30-9-4-7-26-8-5-10-32(41)34(26)30)35(43)37(31)48-39(49-38)54-23-40-13-6-14-51(40)21-27(42)18-40/h4-5,7-12,17,20,27,29H,6,13-16,18-19,21-23H2,1-2H3/b12-11+/t27-,29+,40+/m1/s1. The summed E-state index contributed by atoms with van der Waals surface area (Å²) in [6, 6.07) is 12.3. The van der Waals surface area contributed by atoms with Crippen LogP contribution in [-0.2, 0) is 4.79 Å². The molecule has 6 heterocycles. The van der Waals surface area contributed by atoms with Gasteiger partial charge in [0.1, 0.15) is 41.7 Å². The highest BCUT2D eigenvalue weighted by Crippen LogP contribution is 2.41. The number of pyridine rings is 1. The molecule has 0 N–H and O–H groups in total. The van der Waals surface area contributed by atoms with E-state index in [1.165, 1.54) is 6.08 Å². The molecular weight excluding hydrogens is 712 g/mol. The number of alkyl halides is 1. The Morgan fingerprint density at radius 3 is 2.76 bits per heavy atom. The Bertz CT molecular complexity index is 2330. The molecule has 3 saturated heterocycles. The SMILES string of the molecule is [C-]#[N+]C[C@H]1CN(c2nc(OC[C@@]34CCCN3C[C@H](F)C4)nc3c(F)c(-c4cccc5cccc(Cl)c45)ncc23)CCN1C(=O)/C=C/c1cc(C)nc(C)n1. The summed E-state index contributed by atoms with van der Waals surface area (Å²) >= 11 is 6.64. The molecule has 11 nitrogen and oxygen atoms in total. The predicted molar refractivity (Wildman–Crippen MR) is 204 cm³/mol. The van der Waals surface area contributed by atoms with Gasteiger partial charge in [-0.05, 0) is 56.8 Å². The molecule has 3 aliphatic heterocycles. The lowest BCUT2D eigenvalue weighted by Crippen LogP contribution is -2.56. The summed E-state index contributed by atoms with van der Waals surface area (Å²) < 4.78 is 37.9. The van der Waals surface area contributed by atoms with E-state index >= 15 is 4.39 Å². The van der Waals surface area contributed by atoms with Gasteiger partial charge >= 0.3 is 6.01 Å². The third-order valence-corrected chi connectivity index (χ3v) is 11.0. The van der Waals surface area contributed by atoms with Gasteiger partial charge in [0, 0.05) is 66.5 Å². The van der Waals surface area contributed by atoms with Gasteiger partial charge in [0.2, 0.25) is 12.5 Å². The van der Waals surface area contributed by atoms with E-state index in [2.05, 4.69) is 29.7 Å². The van der Waals surface area contributed by atoms with Crippen LogP contribution >= 0.6 is 11.6 Å². The molecular formula is C40H38ClF2N9O2. The van der Waals surface area contributed by atoms with Crippen LogP contribution in [0.1, 0.15) is 36.5 Å². The molecule has 3 atom stereocenters. The Hall–Kier alpha value is -5.32. The monoisotopic (exact) mass is 749 g/mol. The second kappa shape index (κ2) is 14.5. The lowest BCUT2D eigenvalue weighted by atomic mass is 9.95. The third kappa shape index (κ3) is 6.69. The summed E-state index contributed by atoms with van der Waals surface area (Å²) in [6.07, 6.45) is 5.83. The number of amides is 1. The number of fused-ring (bicyclic) bond motifs is 3. The van der Waals surface area contributed by atoms with Gasteiger partial charge in [-0.3, -0.25) is 14.7 Å². The maximum Gasteiger partial charge on any atom is 0.319 e. The Kier molecular flexibility index (Phi) is 9.58. The second-order valence-corrected chi connectivity index (χ2v) is 14.7. The van der Waals surface area contributed by atoms with Gasteiger partial charge < -0.3 is 19.4 Å². The Labute approximate surface area is 316 Å². The van der Waals surface area contributed by atoms with E-state index in [4.69, 9.17) is 27.9 Å². The van der Waals surface area contributed by atoms with Crippen LogP contribution in [0.25, 0.3) is 43.9 Å². The molecule has 0 spiro atoms. The van der Waals surface area contributed by atoms with E-state index < -0.39 is 23.6 Å². The van der Waals surface area contributed by atoms with Crippen molar-refractivity contribution in [1.82, 2.24) is 34.7 Å². The number of carbonyl (C=O) groups is 1. The minimum Gasteiger partial charge on any atom is -0.461 e. The van der Waals surface area contributed by atoms with Crippen molar-refractivity contribution in [3.63, 3.8) is 0 Å². The molecule has 276 valence electrons. The van der Waals surface area contributed by atoms with Crippen LogP contribution in [0.2, 0.25) is 5.02 Å². The highest BCUT2D eigenvalue weighted by atomic mass is 35.5. The molecule has 0 unspecified atom stereocenters. The number of halogens is 3. The first kappa shape index (κ1) is 35.7. The fraction of sp³-hybridized carbons (Fsp3) is 0.375. The smallest absolute Gasteiger partial charge is 0.319 e. The van der Waals surface area contributed by atoms with Gasteiger partial charge in [0.25, 0.3) is 0 Å². The van der Waals surface area contributed by atoms with Crippen molar-refractivity contribution in [2.75, 3.05) is 50.8 Å². The molecule has 14 heteroatoms. The van der Waals surface area contributed by atoms with Gasteiger partial charge in [-0.2, -0.15) is 9.97 Å². The number of nitrogens with zero attached hydrogens (tertiary/aromatic N) is 9. The lowest BCUT2D eigenvalue weighted by Gasteiger charge is -2.39. The fourth-order valence-electron chi connectivity index (χ4n) is 8.34. The predicted octanol–water partition coefficient (Wildman–Crippen LogP) is 6.65. The summed E-state index contributed by atoms with van der Waals surface area (Å²) in [5.41, 5.74) is 1.55. The first-order valence-corrected chi connectivity index (χ1v) is 18.5. The highest BCUT2D eigenvalue weighted by Gasteiger charge is 2.49. The molecule has 54 heavy (non-hydrogen) atoms. The average Bonchev–Trinajstić information content (AvgIpc) is 3.68. The van der Waals surface area contributed by atoms with Gasteiger partial charge in [-0.15, -0.1) is 0 Å². The number of aryl methyl sites for hydroxylation is 2. The average molecular weight is 750 g/mol. The number of ether oxygens (including phenoxy) is 1. The zero-order chi connectivity index (χ0) is 37.6. The summed E-state index contributed by atoms with van der Waals surface area (Å²) in [4.78, 5) is 45.7. The van der Waals surface area contributed by atoms with Crippen LogP contribution in [0.3, 0.4) is 0 Å². The molecule has 8 rings (SSSR count). The van der Waals surface area contributed by atoms with E-state index in [0.717, 1.165) is 30.5 Å². The van der Waals surface area contributed by atoms with E-state index in [-0.39, 0.29) is 49.4 Å². The largest absolute Gasteiger partial charge is 0.461 e.